The van der Waals surface area contributed by atoms with Crippen molar-refractivity contribution >= 4 is 33.7 Å². The first-order valence-electron chi connectivity index (χ1n) is 7.42. The Hall–Kier alpha value is -1.56. The zero-order valence-corrected chi connectivity index (χ0v) is 13.7. The molecule has 1 aliphatic rings. The van der Waals surface area contributed by atoms with E-state index in [1.807, 2.05) is 6.92 Å². The Morgan fingerprint density at radius 2 is 2.19 bits per heavy atom. The lowest BCUT2D eigenvalue weighted by molar-refractivity contribution is 0.0964. The minimum Gasteiger partial charge on any atom is -0.397 e. The van der Waals surface area contributed by atoms with Gasteiger partial charge in [-0.15, -0.1) is 11.3 Å². The predicted octanol–water partition coefficient (Wildman–Crippen LogP) is 2.52. The van der Waals surface area contributed by atoms with Crippen molar-refractivity contribution in [1.29, 1.82) is 0 Å². The lowest BCUT2D eigenvalue weighted by atomic mass is 10.00. The average Bonchev–Trinajstić information content (AvgIpc) is 2.83. The van der Waals surface area contributed by atoms with E-state index in [1.165, 1.54) is 17.8 Å². The van der Waals surface area contributed by atoms with Crippen molar-refractivity contribution < 1.29 is 9.59 Å². The number of ketones is 1. The van der Waals surface area contributed by atoms with Crippen LogP contribution in [0.2, 0.25) is 0 Å². The lowest BCUT2D eigenvalue weighted by Gasteiger charge is -2.32. The molecule has 3 N–H and O–H groups in total. The molecule has 0 spiro atoms. The normalized spacial score (nSPS) is 18.6. The molecule has 5 nitrogen and oxygen atoms in total. The van der Waals surface area contributed by atoms with E-state index in [2.05, 4.69) is 17.1 Å². The number of hydrogen-bond donors (Lipinski definition) is 2. The van der Waals surface area contributed by atoms with Gasteiger partial charge in [0.2, 0.25) is 0 Å². The summed E-state index contributed by atoms with van der Waals surface area (Å²) in [6.45, 7) is 5.84. The Labute approximate surface area is 129 Å². The molecule has 0 aliphatic carbocycles. The highest BCUT2D eigenvalue weighted by atomic mass is 32.1. The Bertz CT molecular complexity index is 553. The molecular formula is C15H23N3O2S. The molecule has 2 rings (SSSR count). The maximum Gasteiger partial charge on any atom is 0.256 e. The molecule has 0 saturated carbocycles. The van der Waals surface area contributed by atoms with Crippen molar-refractivity contribution in [2.75, 3.05) is 30.8 Å². The van der Waals surface area contributed by atoms with Crippen molar-refractivity contribution in [2.45, 2.75) is 33.1 Å². The number of thiophene rings is 1. The third-order valence-electron chi connectivity index (χ3n) is 3.90. The highest BCUT2D eigenvalue weighted by Crippen LogP contribution is 2.40. The first-order chi connectivity index (χ1) is 9.99. The van der Waals surface area contributed by atoms with Crippen molar-refractivity contribution in [1.82, 2.24) is 5.32 Å². The van der Waals surface area contributed by atoms with Crippen LogP contribution in [0.1, 0.15) is 53.1 Å². The van der Waals surface area contributed by atoms with Crippen LogP contribution in [0.15, 0.2) is 0 Å². The molecule has 1 aromatic heterocycles. The summed E-state index contributed by atoms with van der Waals surface area (Å²) < 4.78 is 0. The van der Waals surface area contributed by atoms with Crippen LogP contribution in [0.5, 0.6) is 0 Å². The molecule has 1 aromatic rings. The van der Waals surface area contributed by atoms with Gasteiger partial charge in [-0.3, -0.25) is 9.59 Å². The molecule has 21 heavy (non-hydrogen) atoms. The fourth-order valence-electron chi connectivity index (χ4n) is 2.74. The van der Waals surface area contributed by atoms with Crippen LogP contribution in [0, 0.1) is 5.92 Å². The van der Waals surface area contributed by atoms with Crippen LogP contribution in [0.4, 0.5) is 10.7 Å². The summed E-state index contributed by atoms with van der Waals surface area (Å²) in [6.07, 6.45) is 2.70. The zero-order chi connectivity index (χ0) is 15.6. The average molecular weight is 309 g/mol. The van der Waals surface area contributed by atoms with E-state index in [9.17, 15) is 9.59 Å². The first-order valence-corrected chi connectivity index (χ1v) is 8.23. The molecule has 2 heterocycles. The van der Waals surface area contributed by atoms with E-state index >= 15 is 0 Å². The third kappa shape index (κ3) is 3.05. The molecule has 0 aromatic carbocycles. The largest absolute Gasteiger partial charge is 0.397 e. The number of nitrogens with one attached hydrogen (secondary N) is 1. The van der Waals surface area contributed by atoms with Gasteiger partial charge in [0.05, 0.1) is 16.1 Å². The van der Waals surface area contributed by atoms with Crippen molar-refractivity contribution in [3.8, 4) is 0 Å². The molecule has 6 heteroatoms. The number of carbonyl (C=O) groups excluding carboxylic acids is 2. The Morgan fingerprint density at radius 1 is 1.48 bits per heavy atom. The summed E-state index contributed by atoms with van der Waals surface area (Å²) in [5, 5.41) is 3.48. The number of carbonyl (C=O) groups is 2. The van der Waals surface area contributed by atoms with E-state index in [0.717, 1.165) is 24.5 Å². The van der Waals surface area contributed by atoms with E-state index in [-0.39, 0.29) is 11.7 Å². The third-order valence-corrected chi connectivity index (χ3v) is 5.21. The molecular weight excluding hydrogens is 286 g/mol. The quantitative estimate of drug-likeness (QED) is 0.838. The first kappa shape index (κ1) is 15.8. The highest BCUT2D eigenvalue weighted by molar-refractivity contribution is 7.19. The van der Waals surface area contributed by atoms with Crippen molar-refractivity contribution in [3.63, 3.8) is 0 Å². The van der Waals surface area contributed by atoms with Gasteiger partial charge >= 0.3 is 0 Å². The molecule has 1 atom stereocenters. The number of anilines is 2. The number of hydrogen-bond acceptors (Lipinski definition) is 5. The van der Waals surface area contributed by atoms with E-state index in [0.29, 0.717) is 28.5 Å². The van der Waals surface area contributed by atoms with Gasteiger partial charge in [-0.2, -0.15) is 0 Å². The highest BCUT2D eigenvalue weighted by Gasteiger charge is 2.29. The Morgan fingerprint density at radius 3 is 2.76 bits per heavy atom. The number of nitrogens with zero attached hydrogens (tertiary/aromatic N) is 1. The summed E-state index contributed by atoms with van der Waals surface area (Å²) in [4.78, 5) is 26.9. The maximum absolute atomic E-state index is 12.2. The fourth-order valence-corrected chi connectivity index (χ4v) is 4.00. The molecule has 1 amide bonds. The Balaban J connectivity index is 2.47. The second-order valence-corrected chi connectivity index (χ2v) is 6.57. The van der Waals surface area contributed by atoms with Gasteiger partial charge in [0.15, 0.2) is 5.78 Å². The van der Waals surface area contributed by atoms with Crippen molar-refractivity contribution in [3.05, 3.63) is 10.4 Å². The van der Waals surface area contributed by atoms with Crippen LogP contribution < -0.4 is 16.0 Å². The monoisotopic (exact) mass is 309 g/mol. The van der Waals surface area contributed by atoms with E-state index < -0.39 is 0 Å². The summed E-state index contributed by atoms with van der Waals surface area (Å²) in [7, 11) is 1.59. The molecule has 1 fully saturated rings. The molecule has 0 bridgehead atoms. The van der Waals surface area contributed by atoms with Crippen LogP contribution in [0.3, 0.4) is 0 Å². The van der Waals surface area contributed by atoms with E-state index in [4.69, 9.17) is 5.73 Å². The number of rotatable bonds is 4. The number of piperidine rings is 1. The fraction of sp³-hybridized carbons (Fsp3) is 0.600. The van der Waals surface area contributed by atoms with Gasteiger partial charge < -0.3 is 16.0 Å². The molecule has 1 aliphatic heterocycles. The van der Waals surface area contributed by atoms with Gasteiger partial charge in [-0.1, -0.05) is 13.8 Å². The zero-order valence-electron chi connectivity index (χ0n) is 12.9. The van der Waals surface area contributed by atoms with Gasteiger partial charge in [0, 0.05) is 26.6 Å². The summed E-state index contributed by atoms with van der Waals surface area (Å²) >= 11 is 1.36. The smallest absolute Gasteiger partial charge is 0.256 e. The van der Waals surface area contributed by atoms with Crippen molar-refractivity contribution in [2.24, 2.45) is 5.92 Å². The second kappa shape index (κ2) is 6.47. The topological polar surface area (TPSA) is 75.4 Å². The minimum atomic E-state index is -0.216. The molecule has 116 valence electrons. The van der Waals surface area contributed by atoms with E-state index in [1.54, 1.807) is 7.05 Å². The second-order valence-electron chi connectivity index (χ2n) is 5.57. The number of nitrogen functional groups attached to an aromatic ring is 1. The van der Waals surface area contributed by atoms with Crippen LogP contribution in [-0.4, -0.2) is 31.8 Å². The summed E-state index contributed by atoms with van der Waals surface area (Å²) in [5.74, 6) is 0.371. The SMILES string of the molecule is CCC(=O)c1sc(N2CCCC(C)C2)c(C(=O)NC)c1N. The number of amides is 1. The predicted molar refractivity (Wildman–Crippen MR) is 87.4 cm³/mol. The van der Waals surface area contributed by atoms with Gasteiger partial charge in [-0.25, -0.2) is 0 Å². The lowest BCUT2D eigenvalue weighted by Crippen LogP contribution is -2.35. The van der Waals surface area contributed by atoms with Crippen LogP contribution in [0.25, 0.3) is 0 Å². The van der Waals surface area contributed by atoms with Crippen LogP contribution in [-0.2, 0) is 0 Å². The molecule has 1 saturated heterocycles. The Kier molecular flexibility index (Phi) is 4.88. The van der Waals surface area contributed by atoms with Gasteiger partial charge in [0.1, 0.15) is 5.00 Å². The molecule has 0 radical (unpaired) electrons. The number of nitrogens with two attached hydrogens (primary N) is 1. The maximum atomic E-state index is 12.2. The summed E-state index contributed by atoms with van der Waals surface area (Å²) in [5.41, 5.74) is 6.90. The molecule has 1 unspecified atom stereocenters. The minimum absolute atomic E-state index is 0.000962. The number of Topliss-reactive ketones (excluding diaryl/α,β-unsaturated/α-hetero) is 1. The summed E-state index contributed by atoms with van der Waals surface area (Å²) in [6, 6.07) is 0. The standard InChI is InChI=1S/C15H23N3O2S/c1-4-10(19)13-12(16)11(14(20)17-3)15(21-13)18-7-5-6-9(2)8-18/h9H,4-8,16H2,1-3H3,(H,17,20). The van der Waals surface area contributed by atoms with Gasteiger partial charge in [0.25, 0.3) is 5.91 Å². The van der Waals surface area contributed by atoms with Crippen LogP contribution >= 0.6 is 11.3 Å². The van der Waals surface area contributed by atoms with Gasteiger partial charge in [-0.05, 0) is 18.8 Å².